The Kier molecular flexibility index (Phi) is 5.68. The third-order valence-corrected chi connectivity index (χ3v) is 4.45. The Hall–Kier alpha value is -1.56. The second kappa shape index (κ2) is 7.34. The Morgan fingerprint density at radius 1 is 1.13 bits per heavy atom. The van der Waals surface area contributed by atoms with Gasteiger partial charge in [-0.15, -0.1) is 11.3 Å². The summed E-state index contributed by atoms with van der Waals surface area (Å²) in [5, 5.41) is 3.43. The predicted octanol–water partition coefficient (Wildman–Crippen LogP) is 4.86. The number of amides is 1. The van der Waals surface area contributed by atoms with E-state index >= 15 is 0 Å². The third-order valence-electron chi connectivity index (χ3n) is 3.04. The summed E-state index contributed by atoms with van der Waals surface area (Å²) in [6.07, 6.45) is -0.945. The minimum absolute atomic E-state index is 0.404. The molecule has 0 fully saturated rings. The molecule has 23 heavy (non-hydrogen) atoms. The van der Waals surface area contributed by atoms with Crippen molar-refractivity contribution in [2.75, 3.05) is 5.32 Å². The third kappa shape index (κ3) is 4.70. The molecule has 122 valence electrons. The number of anilines is 1. The van der Waals surface area contributed by atoms with Crippen molar-refractivity contribution in [3.8, 4) is 0 Å². The first-order valence-corrected chi connectivity index (χ1v) is 8.38. The fourth-order valence-corrected chi connectivity index (χ4v) is 3.42. The molecule has 0 unspecified atom stereocenters. The maximum absolute atomic E-state index is 12.1. The monoisotopic (exact) mass is 371 g/mol. The van der Waals surface area contributed by atoms with Gasteiger partial charge in [0.05, 0.1) is 5.56 Å². The molecule has 0 aliphatic carbocycles. The predicted molar refractivity (Wildman–Crippen MR) is 93.8 cm³/mol. The molecule has 1 amide bonds. The summed E-state index contributed by atoms with van der Waals surface area (Å²) in [6, 6.07) is 6.44. The molecule has 0 aliphatic heterocycles. The Balaban J connectivity index is 2.02. The van der Waals surface area contributed by atoms with E-state index in [1.807, 2.05) is 13.8 Å². The zero-order chi connectivity index (χ0) is 17.1. The number of hydrogen-bond donors (Lipinski definition) is 1. The van der Waals surface area contributed by atoms with Crippen LogP contribution in [0, 0.1) is 13.8 Å². The van der Waals surface area contributed by atoms with E-state index in [0.29, 0.717) is 21.3 Å². The van der Waals surface area contributed by atoms with E-state index in [1.54, 1.807) is 24.3 Å². The van der Waals surface area contributed by atoms with Gasteiger partial charge in [0.1, 0.15) is 0 Å². The van der Waals surface area contributed by atoms with Crippen molar-refractivity contribution >= 4 is 52.1 Å². The summed E-state index contributed by atoms with van der Waals surface area (Å²) >= 11 is 13.3. The molecular formula is C16H15Cl2NO3S. The molecule has 0 aliphatic rings. The van der Waals surface area contributed by atoms with E-state index in [-0.39, 0.29) is 0 Å². The van der Waals surface area contributed by atoms with Crippen LogP contribution in [0.25, 0.3) is 0 Å². The molecule has 0 radical (unpaired) electrons. The van der Waals surface area contributed by atoms with Crippen LogP contribution in [0.15, 0.2) is 24.3 Å². The average Bonchev–Trinajstić information content (AvgIpc) is 2.76. The second-order valence-electron chi connectivity index (χ2n) is 5.02. The van der Waals surface area contributed by atoms with E-state index in [1.165, 1.54) is 18.3 Å². The van der Waals surface area contributed by atoms with E-state index in [4.69, 9.17) is 27.9 Å². The lowest BCUT2D eigenvalue weighted by molar-refractivity contribution is -0.123. The number of carbonyl (C=O) groups is 2. The Bertz CT molecular complexity index is 738. The normalized spacial score (nSPS) is 11.9. The van der Waals surface area contributed by atoms with Gasteiger partial charge < -0.3 is 10.1 Å². The molecule has 2 rings (SSSR count). The van der Waals surface area contributed by atoms with E-state index < -0.39 is 18.0 Å². The first-order valence-electron chi connectivity index (χ1n) is 6.81. The van der Waals surface area contributed by atoms with Gasteiger partial charge in [-0.1, -0.05) is 23.2 Å². The topological polar surface area (TPSA) is 55.4 Å². The molecule has 4 nitrogen and oxygen atoms in total. The quantitative estimate of drug-likeness (QED) is 0.780. The fraction of sp³-hybridized carbons (Fsp3) is 0.250. The van der Waals surface area contributed by atoms with Crippen LogP contribution in [0.1, 0.15) is 27.0 Å². The van der Waals surface area contributed by atoms with Gasteiger partial charge in [0.15, 0.2) is 6.10 Å². The summed E-state index contributed by atoms with van der Waals surface area (Å²) < 4.78 is 5.21. The van der Waals surface area contributed by atoms with E-state index in [2.05, 4.69) is 5.32 Å². The SMILES string of the molecule is Cc1cc(C(=O)O[C@@H](C)C(=O)Nc2cc(Cl)cc(Cl)c2)c(C)s1. The summed E-state index contributed by atoms with van der Waals surface area (Å²) in [6.45, 7) is 5.26. The van der Waals surface area contributed by atoms with Gasteiger partial charge in [0.2, 0.25) is 0 Å². The highest BCUT2D eigenvalue weighted by Gasteiger charge is 2.21. The number of benzene rings is 1. The molecule has 0 saturated carbocycles. The number of carbonyl (C=O) groups excluding carboxylic acids is 2. The van der Waals surface area contributed by atoms with Crippen molar-refractivity contribution < 1.29 is 14.3 Å². The Morgan fingerprint density at radius 3 is 2.26 bits per heavy atom. The molecule has 7 heteroatoms. The molecule has 1 atom stereocenters. The lowest BCUT2D eigenvalue weighted by atomic mass is 10.2. The maximum atomic E-state index is 12.1. The highest BCUT2D eigenvalue weighted by Crippen LogP contribution is 2.24. The molecule has 0 spiro atoms. The smallest absolute Gasteiger partial charge is 0.340 e. The number of ether oxygens (including phenoxy) is 1. The van der Waals surface area contributed by atoms with Crippen molar-refractivity contribution in [1.82, 2.24) is 0 Å². The average molecular weight is 372 g/mol. The minimum Gasteiger partial charge on any atom is -0.449 e. The second-order valence-corrected chi connectivity index (χ2v) is 7.36. The zero-order valence-electron chi connectivity index (χ0n) is 12.8. The molecule has 2 aromatic rings. The fourth-order valence-electron chi connectivity index (χ4n) is 1.98. The molecule has 0 bridgehead atoms. The van der Waals surface area contributed by atoms with Crippen molar-refractivity contribution in [2.45, 2.75) is 26.9 Å². The van der Waals surface area contributed by atoms with Crippen molar-refractivity contribution in [3.63, 3.8) is 0 Å². The lowest BCUT2D eigenvalue weighted by Gasteiger charge is -2.14. The van der Waals surface area contributed by atoms with Crippen LogP contribution in [0.2, 0.25) is 10.0 Å². The molecule has 1 heterocycles. The van der Waals surface area contributed by atoms with Crippen LogP contribution >= 0.6 is 34.5 Å². The van der Waals surface area contributed by atoms with Gasteiger partial charge in [0, 0.05) is 25.5 Å². The van der Waals surface area contributed by atoms with Gasteiger partial charge in [0.25, 0.3) is 5.91 Å². The number of rotatable bonds is 4. The van der Waals surface area contributed by atoms with Crippen molar-refractivity contribution in [1.29, 1.82) is 0 Å². The molecule has 1 N–H and O–H groups in total. The highest BCUT2D eigenvalue weighted by molar-refractivity contribution is 7.12. The van der Waals surface area contributed by atoms with Crippen LogP contribution in [0.4, 0.5) is 5.69 Å². The van der Waals surface area contributed by atoms with Crippen LogP contribution in [-0.2, 0) is 9.53 Å². The van der Waals surface area contributed by atoms with Crippen molar-refractivity contribution in [2.24, 2.45) is 0 Å². The van der Waals surface area contributed by atoms with Crippen molar-refractivity contribution in [3.05, 3.63) is 49.6 Å². The van der Waals surface area contributed by atoms with Crippen LogP contribution in [-0.4, -0.2) is 18.0 Å². The van der Waals surface area contributed by atoms with Gasteiger partial charge in [-0.05, 0) is 45.0 Å². The number of halogens is 2. The molecular weight excluding hydrogens is 357 g/mol. The van der Waals surface area contributed by atoms with E-state index in [0.717, 1.165) is 9.75 Å². The number of nitrogens with one attached hydrogen (secondary N) is 1. The van der Waals surface area contributed by atoms with Gasteiger partial charge in [-0.2, -0.15) is 0 Å². The standard InChI is InChI=1S/C16H15Cl2NO3S/c1-8-4-14(10(3)23-8)16(21)22-9(2)15(20)19-13-6-11(17)5-12(18)7-13/h4-7,9H,1-3H3,(H,19,20)/t9-/m0/s1. The molecule has 1 aromatic heterocycles. The lowest BCUT2D eigenvalue weighted by Crippen LogP contribution is -2.30. The largest absolute Gasteiger partial charge is 0.449 e. The molecule has 0 saturated heterocycles. The number of thiophene rings is 1. The first kappa shape index (κ1) is 17.8. The highest BCUT2D eigenvalue weighted by atomic mass is 35.5. The van der Waals surface area contributed by atoms with Crippen LogP contribution in [0.3, 0.4) is 0 Å². The summed E-state index contributed by atoms with van der Waals surface area (Å²) in [5.41, 5.74) is 0.927. The van der Waals surface area contributed by atoms with Gasteiger partial charge in [-0.3, -0.25) is 4.79 Å². The number of hydrogen-bond acceptors (Lipinski definition) is 4. The zero-order valence-corrected chi connectivity index (χ0v) is 15.1. The Labute approximate surface area is 148 Å². The van der Waals surface area contributed by atoms with Gasteiger partial charge >= 0.3 is 5.97 Å². The van der Waals surface area contributed by atoms with E-state index in [9.17, 15) is 9.59 Å². The maximum Gasteiger partial charge on any atom is 0.340 e. The summed E-state index contributed by atoms with van der Waals surface area (Å²) in [5.74, 6) is -0.972. The van der Waals surface area contributed by atoms with Crippen LogP contribution < -0.4 is 5.32 Å². The molecule has 1 aromatic carbocycles. The minimum atomic E-state index is -0.945. The van der Waals surface area contributed by atoms with Crippen LogP contribution in [0.5, 0.6) is 0 Å². The number of esters is 1. The Morgan fingerprint density at radius 2 is 1.74 bits per heavy atom. The van der Waals surface area contributed by atoms with Gasteiger partial charge in [-0.25, -0.2) is 4.79 Å². The summed E-state index contributed by atoms with van der Waals surface area (Å²) in [4.78, 5) is 26.1. The summed E-state index contributed by atoms with van der Waals surface area (Å²) in [7, 11) is 0. The number of aryl methyl sites for hydroxylation is 2. The first-order chi connectivity index (χ1) is 10.8.